The number of ether oxygens (including phenoxy) is 2. The van der Waals surface area contributed by atoms with Gasteiger partial charge in [-0.2, -0.15) is 5.26 Å². The third kappa shape index (κ3) is 3.69. The van der Waals surface area contributed by atoms with Crippen molar-refractivity contribution in [1.82, 2.24) is 19.7 Å². The highest BCUT2D eigenvalue weighted by Gasteiger charge is 2.48. The molecule has 152 valence electrons. The fraction of sp³-hybridized carbons (Fsp3) is 0.500. The van der Waals surface area contributed by atoms with Crippen LogP contribution in [-0.4, -0.2) is 63.2 Å². The molecular weight excluding hydrogens is 372 g/mol. The molecule has 2 amide bonds. The van der Waals surface area contributed by atoms with Crippen molar-refractivity contribution in [1.29, 1.82) is 5.26 Å². The molecule has 1 N–H and O–H groups in total. The second-order valence-electron chi connectivity index (χ2n) is 7.69. The van der Waals surface area contributed by atoms with Crippen molar-refractivity contribution in [2.45, 2.75) is 45.0 Å². The van der Waals surface area contributed by atoms with Gasteiger partial charge in [0.05, 0.1) is 24.3 Å². The molecule has 2 saturated heterocycles. The van der Waals surface area contributed by atoms with Crippen molar-refractivity contribution in [2.75, 3.05) is 25.0 Å². The number of rotatable bonds is 2. The molecule has 4 rings (SSSR count). The van der Waals surface area contributed by atoms with Gasteiger partial charge in [-0.05, 0) is 32.9 Å². The lowest BCUT2D eigenvalue weighted by Gasteiger charge is -2.44. The second kappa shape index (κ2) is 7.46. The third-order valence-corrected chi connectivity index (χ3v) is 5.53. The van der Waals surface area contributed by atoms with Gasteiger partial charge < -0.3 is 14.4 Å². The molecule has 0 aromatic carbocycles. The van der Waals surface area contributed by atoms with Gasteiger partial charge in [0.2, 0.25) is 0 Å². The average molecular weight is 396 g/mol. The highest BCUT2D eigenvalue weighted by molar-refractivity contribution is 5.89. The van der Waals surface area contributed by atoms with E-state index in [0.717, 1.165) is 12.0 Å². The first-order valence-corrected chi connectivity index (χ1v) is 9.68. The molecule has 0 aliphatic carbocycles. The second-order valence-corrected chi connectivity index (χ2v) is 7.69. The Morgan fingerprint density at radius 1 is 1.41 bits per heavy atom. The number of pyridine rings is 1. The number of carbonyl (C=O) groups excluding carboxylic acids is 1. The fourth-order valence-electron chi connectivity index (χ4n) is 3.92. The maximum atomic E-state index is 13.0. The van der Waals surface area contributed by atoms with Crippen LogP contribution in [0.1, 0.15) is 31.4 Å². The van der Waals surface area contributed by atoms with Crippen LogP contribution in [0.2, 0.25) is 0 Å². The molecule has 2 aromatic rings. The normalized spacial score (nSPS) is 26.5. The molecule has 2 aliphatic heterocycles. The van der Waals surface area contributed by atoms with Gasteiger partial charge in [-0.3, -0.25) is 5.32 Å². The van der Waals surface area contributed by atoms with Gasteiger partial charge in [0, 0.05) is 37.5 Å². The molecule has 0 radical (unpaired) electrons. The Morgan fingerprint density at radius 2 is 2.24 bits per heavy atom. The van der Waals surface area contributed by atoms with E-state index < -0.39 is 5.60 Å². The molecule has 0 bridgehead atoms. The van der Waals surface area contributed by atoms with Crippen molar-refractivity contribution in [2.24, 2.45) is 0 Å². The summed E-state index contributed by atoms with van der Waals surface area (Å²) >= 11 is 0. The van der Waals surface area contributed by atoms with Crippen molar-refractivity contribution >= 4 is 11.8 Å². The van der Waals surface area contributed by atoms with Crippen LogP contribution in [0, 0.1) is 18.3 Å². The van der Waals surface area contributed by atoms with Crippen LogP contribution in [0.5, 0.6) is 0 Å². The quantitative estimate of drug-likeness (QED) is 0.835. The number of morpholine rings is 1. The maximum absolute atomic E-state index is 13.0. The summed E-state index contributed by atoms with van der Waals surface area (Å²) in [7, 11) is 0. The van der Waals surface area contributed by atoms with E-state index in [1.54, 1.807) is 27.9 Å². The number of anilines is 1. The van der Waals surface area contributed by atoms with Crippen molar-refractivity contribution in [3.05, 3.63) is 35.7 Å². The predicted molar refractivity (Wildman–Crippen MR) is 105 cm³/mol. The first-order chi connectivity index (χ1) is 13.9. The maximum Gasteiger partial charge on any atom is 0.323 e. The number of carbonyl (C=O) groups is 1. The van der Waals surface area contributed by atoms with E-state index in [1.165, 1.54) is 6.20 Å². The summed E-state index contributed by atoms with van der Waals surface area (Å²) in [4.78, 5) is 19.0. The minimum atomic E-state index is -0.449. The van der Waals surface area contributed by atoms with Gasteiger partial charge in [-0.25, -0.2) is 14.5 Å². The number of nitriles is 1. The summed E-state index contributed by atoms with van der Waals surface area (Å²) in [5, 5.41) is 16.3. The summed E-state index contributed by atoms with van der Waals surface area (Å²) in [5.74, 6) is 1.05. The summed E-state index contributed by atoms with van der Waals surface area (Å²) in [5.41, 5.74) is 0.847. The van der Waals surface area contributed by atoms with E-state index in [0.29, 0.717) is 36.9 Å². The van der Waals surface area contributed by atoms with E-state index in [2.05, 4.69) is 15.4 Å². The lowest BCUT2D eigenvalue weighted by molar-refractivity contribution is -0.159. The van der Waals surface area contributed by atoms with Crippen LogP contribution < -0.4 is 5.32 Å². The van der Waals surface area contributed by atoms with Crippen molar-refractivity contribution < 1.29 is 14.3 Å². The van der Waals surface area contributed by atoms with E-state index in [4.69, 9.17) is 14.7 Å². The number of nitrogens with one attached hydrogen (secondary N) is 1. The van der Waals surface area contributed by atoms with Crippen molar-refractivity contribution in [3.8, 4) is 11.9 Å². The van der Waals surface area contributed by atoms with Gasteiger partial charge in [-0.1, -0.05) is 0 Å². The van der Waals surface area contributed by atoms with E-state index in [-0.39, 0.29) is 18.2 Å². The topological polar surface area (TPSA) is 105 Å². The summed E-state index contributed by atoms with van der Waals surface area (Å²) < 4.78 is 13.5. The molecule has 3 unspecified atom stereocenters. The van der Waals surface area contributed by atoms with E-state index >= 15 is 0 Å². The molecular formula is C20H24N6O3. The van der Waals surface area contributed by atoms with Crippen molar-refractivity contribution in [3.63, 3.8) is 0 Å². The van der Waals surface area contributed by atoms with Gasteiger partial charge in [-0.15, -0.1) is 5.10 Å². The largest absolute Gasteiger partial charge is 0.375 e. The highest BCUT2D eigenvalue weighted by atomic mass is 16.6. The van der Waals surface area contributed by atoms with Gasteiger partial charge in [0.15, 0.2) is 11.6 Å². The Kier molecular flexibility index (Phi) is 4.98. The zero-order chi connectivity index (χ0) is 20.6. The smallest absolute Gasteiger partial charge is 0.323 e. The van der Waals surface area contributed by atoms with E-state index in [1.807, 2.05) is 26.8 Å². The number of aromatic nitrogens is 3. The van der Waals surface area contributed by atoms with Crippen LogP contribution in [0.4, 0.5) is 10.6 Å². The molecule has 2 aromatic heterocycles. The number of hydrogen-bond donors (Lipinski definition) is 1. The van der Waals surface area contributed by atoms with Crippen LogP contribution >= 0.6 is 0 Å². The Labute approximate surface area is 169 Å². The molecule has 29 heavy (non-hydrogen) atoms. The summed E-state index contributed by atoms with van der Waals surface area (Å²) in [6.07, 6.45) is 3.94. The Hall–Kier alpha value is -2.96. The Bertz CT molecular complexity index is 950. The molecule has 4 heterocycles. The van der Waals surface area contributed by atoms with Gasteiger partial charge in [0.25, 0.3) is 0 Å². The summed E-state index contributed by atoms with van der Waals surface area (Å²) in [6.45, 7) is 7.49. The molecule has 0 saturated carbocycles. The van der Waals surface area contributed by atoms with Crippen LogP contribution in [0.15, 0.2) is 24.5 Å². The zero-order valence-corrected chi connectivity index (χ0v) is 16.8. The first kappa shape index (κ1) is 19.4. The Morgan fingerprint density at radius 3 is 2.90 bits per heavy atom. The number of amides is 2. The predicted octanol–water partition coefficient (Wildman–Crippen LogP) is 2.25. The van der Waals surface area contributed by atoms with Crippen LogP contribution in [-0.2, 0) is 9.47 Å². The van der Waals surface area contributed by atoms with Gasteiger partial charge >= 0.3 is 6.03 Å². The SMILES string of the molecule is Cc1cn(-c2ccc(C#N)cn2)nc1NC(=O)N1CC(C)OC2(CCOC2C)C1. The first-order valence-electron chi connectivity index (χ1n) is 9.68. The number of nitrogens with zero attached hydrogens (tertiary/aromatic N) is 5. The third-order valence-electron chi connectivity index (χ3n) is 5.53. The van der Waals surface area contributed by atoms with Gasteiger partial charge in [0.1, 0.15) is 11.7 Å². The fourth-order valence-corrected chi connectivity index (χ4v) is 3.92. The lowest BCUT2D eigenvalue weighted by atomic mass is 9.93. The molecule has 9 nitrogen and oxygen atoms in total. The lowest BCUT2D eigenvalue weighted by Crippen LogP contribution is -2.60. The molecule has 9 heteroatoms. The molecule has 2 aliphatic rings. The van der Waals surface area contributed by atoms with Crippen LogP contribution in [0.3, 0.4) is 0 Å². The summed E-state index contributed by atoms with van der Waals surface area (Å²) in [6, 6.07) is 5.22. The monoisotopic (exact) mass is 396 g/mol. The molecule has 2 fully saturated rings. The van der Waals surface area contributed by atoms with Crippen LogP contribution in [0.25, 0.3) is 5.82 Å². The minimum Gasteiger partial charge on any atom is -0.375 e. The molecule has 3 atom stereocenters. The number of aryl methyl sites for hydroxylation is 1. The minimum absolute atomic E-state index is 0.0519. The Balaban J connectivity index is 1.49. The highest BCUT2D eigenvalue weighted by Crippen LogP contribution is 2.35. The molecule has 1 spiro atoms. The standard InChI is InChI=1S/C20H24N6O3/c1-13-10-26(17-5-4-16(8-21)9-22-17)24-18(13)23-19(27)25-11-14(2)29-20(12-25)6-7-28-15(20)3/h4-5,9-10,14-15H,6-7,11-12H2,1-3H3,(H,23,24,27). The average Bonchev–Trinajstić information content (AvgIpc) is 3.24. The zero-order valence-electron chi connectivity index (χ0n) is 16.8. The van der Waals surface area contributed by atoms with E-state index in [9.17, 15) is 4.79 Å². The number of urea groups is 1. The number of hydrogen-bond acceptors (Lipinski definition) is 6.